The molecule has 3 aromatic rings. The van der Waals surface area contributed by atoms with Crippen molar-refractivity contribution in [2.24, 2.45) is 11.1 Å². The Hall–Kier alpha value is -4.28. The van der Waals surface area contributed by atoms with Crippen LogP contribution in [0.4, 0.5) is 10.8 Å². The fraction of sp³-hybridized carbons (Fsp3) is 0.321. The molecular formula is C28H28N6O5S2. The van der Waals surface area contributed by atoms with Gasteiger partial charge in [0, 0.05) is 41.6 Å². The van der Waals surface area contributed by atoms with Gasteiger partial charge in [-0.15, -0.1) is 10.2 Å². The van der Waals surface area contributed by atoms with Crippen LogP contribution in [0.3, 0.4) is 0 Å². The first kappa shape index (κ1) is 28.3. The van der Waals surface area contributed by atoms with E-state index < -0.39 is 5.92 Å². The molecule has 41 heavy (non-hydrogen) atoms. The van der Waals surface area contributed by atoms with Crippen molar-refractivity contribution >= 4 is 45.6 Å². The summed E-state index contributed by atoms with van der Waals surface area (Å²) in [6.07, 6.45) is 2.39. The third-order valence-corrected chi connectivity index (χ3v) is 8.80. The number of furan rings is 1. The SMILES string of the molecule is COc1cc(NC(=O)CSc2nnc(N3C(N)=C(C#N)C(c4ccco4)C4=C3CC(C)(C)CC4=O)s2)cc(OC)c1. The number of amides is 1. The third-order valence-electron chi connectivity index (χ3n) is 6.76. The molecule has 212 valence electrons. The monoisotopic (exact) mass is 592 g/mol. The molecule has 1 atom stereocenters. The van der Waals surface area contributed by atoms with E-state index in [-0.39, 0.29) is 34.3 Å². The number of ketones is 1. The standard InChI is InChI=1S/C28H28N6O5S2/c1-28(2)11-19-24(20(35)12-28)23(21-6-5-7-39-21)18(13-29)25(30)34(19)26-32-33-27(41-26)40-14-22(36)31-15-8-16(37-3)10-17(9-15)38-4/h5-10,23H,11-12,14,30H2,1-4H3,(H,31,36). The van der Waals surface area contributed by atoms with Gasteiger partial charge in [-0.2, -0.15) is 5.26 Å². The van der Waals surface area contributed by atoms with Crippen LogP contribution >= 0.6 is 23.1 Å². The Balaban J connectivity index is 1.40. The summed E-state index contributed by atoms with van der Waals surface area (Å²) in [6.45, 7) is 4.04. The first-order valence-corrected chi connectivity index (χ1v) is 14.4. The van der Waals surface area contributed by atoms with Crippen LogP contribution in [0.15, 0.2) is 68.0 Å². The van der Waals surface area contributed by atoms with Gasteiger partial charge in [-0.05, 0) is 24.0 Å². The Labute approximate surface area is 245 Å². The number of anilines is 2. The number of carbonyl (C=O) groups is 2. The molecular weight excluding hydrogens is 564 g/mol. The number of methoxy groups -OCH3 is 2. The van der Waals surface area contributed by atoms with Crippen molar-refractivity contribution in [3.05, 3.63) is 65.0 Å². The summed E-state index contributed by atoms with van der Waals surface area (Å²) in [6, 6.07) is 10.8. The Morgan fingerprint density at radius 1 is 1.27 bits per heavy atom. The first-order chi connectivity index (χ1) is 19.6. The van der Waals surface area contributed by atoms with Gasteiger partial charge in [0.2, 0.25) is 11.0 Å². The van der Waals surface area contributed by atoms with Gasteiger partial charge in [-0.1, -0.05) is 36.9 Å². The molecule has 1 amide bonds. The molecule has 1 aliphatic heterocycles. The van der Waals surface area contributed by atoms with Crippen molar-refractivity contribution in [3.63, 3.8) is 0 Å². The van der Waals surface area contributed by atoms with Gasteiger partial charge in [-0.3, -0.25) is 14.5 Å². The quantitative estimate of drug-likeness (QED) is 0.346. The van der Waals surface area contributed by atoms with E-state index in [1.54, 1.807) is 35.2 Å². The van der Waals surface area contributed by atoms with Gasteiger partial charge in [-0.25, -0.2) is 0 Å². The molecule has 2 aliphatic rings. The highest BCUT2D eigenvalue weighted by Crippen LogP contribution is 2.50. The van der Waals surface area contributed by atoms with Crippen LogP contribution in [-0.2, 0) is 9.59 Å². The molecule has 5 rings (SSSR count). The molecule has 0 saturated carbocycles. The molecule has 2 aromatic heterocycles. The smallest absolute Gasteiger partial charge is 0.234 e. The van der Waals surface area contributed by atoms with Crippen molar-refractivity contribution in [1.82, 2.24) is 10.2 Å². The Bertz CT molecular complexity index is 1580. The summed E-state index contributed by atoms with van der Waals surface area (Å²) >= 11 is 2.44. The molecule has 3 N–H and O–H groups in total. The highest BCUT2D eigenvalue weighted by Gasteiger charge is 2.46. The number of thioether (sulfide) groups is 1. The van der Waals surface area contributed by atoms with E-state index in [1.807, 2.05) is 13.8 Å². The van der Waals surface area contributed by atoms with E-state index in [2.05, 4.69) is 21.6 Å². The van der Waals surface area contributed by atoms with E-state index in [0.29, 0.717) is 56.5 Å². The molecule has 0 saturated heterocycles. The van der Waals surface area contributed by atoms with Crippen LogP contribution in [0.1, 0.15) is 38.4 Å². The number of hydrogen-bond donors (Lipinski definition) is 2. The van der Waals surface area contributed by atoms with Crippen molar-refractivity contribution in [2.75, 3.05) is 30.2 Å². The van der Waals surface area contributed by atoms with Gasteiger partial charge < -0.3 is 24.9 Å². The molecule has 0 bridgehead atoms. The maximum absolute atomic E-state index is 13.5. The summed E-state index contributed by atoms with van der Waals surface area (Å²) in [4.78, 5) is 27.9. The Kier molecular flexibility index (Phi) is 7.79. The molecule has 0 radical (unpaired) electrons. The van der Waals surface area contributed by atoms with E-state index in [9.17, 15) is 14.9 Å². The van der Waals surface area contributed by atoms with Gasteiger partial charge in [0.1, 0.15) is 23.1 Å². The van der Waals surface area contributed by atoms with Crippen LogP contribution in [-0.4, -0.2) is 41.9 Å². The second-order valence-electron chi connectivity index (χ2n) is 10.3. The molecule has 13 heteroatoms. The summed E-state index contributed by atoms with van der Waals surface area (Å²) < 4.78 is 16.7. The maximum atomic E-state index is 13.5. The van der Waals surface area contributed by atoms with Crippen molar-refractivity contribution in [1.29, 1.82) is 5.26 Å². The number of allylic oxidation sites excluding steroid dienone is 3. The average Bonchev–Trinajstić information content (AvgIpc) is 3.63. The number of rotatable bonds is 8. The second kappa shape index (κ2) is 11.3. The van der Waals surface area contributed by atoms with E-state index in [4.69, 9.17) is 19.6 Å². The zero-order valence-electron chi connectivity index (χ0n) is 22.9. The molecule has 11 nitrogen and oxygen atoms in total. The zero-order chi connectivity index (χ0) is 29.3. The number of nitrogens with one attached hydrogen (secondary N) is 1. The highest BCUT2D eigenvalue weighted by atomic mass is 32.2. The number of ether oxygens (including phenoxy) is 2. The number of Topliss-reactive ketones (excluding diaryl/α,β-unsaturated/α-hetero) is 1. The topological polar surface area (TPSA) is 157 Å². The minimum Gasteiger partial charge on any atom is -0.497 e. The van der Waals surface area contributed by atoms with Crippen molar-refractivity contribution < 1.29 is 23.5 Å². The lowest BCUT2D eigenvalue weighted by atomic mass is 9.69. The molecule has 1 aromatic carbocycles. The fourth-order valence-corrected chi connectivity index (χ4v) is 6.70. The largest absolute Gasteiger partial charge is 0.497 e. The van der Waals surface area contributed by atoms with E-state index in [0.717, 1.165) is 0 Å². The lowest BCUT2D eigenvalue weighted by Gasteiger charge is -2.42. The lowest BCUT2D eigenvalue weighted by molar-refractivity contribution is -0.118. The minimum atomic E-state index is -0.689. The highest BCUT2D eigenvalue weighted by molar-refractivity contribution is 8.01. The molecule has 1 unspecified atom stereocenters. The number of benzene rings is 1. The van der Waals surface area contributed by atoms with Gasteiger partial charge >= 0.3 is 0 Å². The maximum Gasteiger partial charge on any atom is 0.234 e. The predicted octanol–water partition coefficient (Wildman–Crippen LogP) is 4.82. The minimum absolute atomic E-state index is 0.0622. The molecule has 0 fully saturated rings. The number of nitrogens with zero attached hydrogens (tertiary/aromatic N) is 4. The molecule has 3 heterocycles. The summed E-state index contributed by atoms with van der Waals surface area (Å²) in [7, 11) is 3.07. The number of aromatic nitrogens is 2. The van der Waals surface area contributed by atoms with Gasteiger partial charge in [0.25, 0.3) is 0 Å². The Morgan fingerprint density at radius 2 is 2.00 bits per heavy atom. The molecule has 0 spiro atoms. The molecule has 1 aliphatic carbocycles. The van der Waals surface area contributed by atoms with Crippen LogP contribution < -0.4 is 25.4 Å². The van der Waals surface area contributed by atoms with Crippen molar-refractivity contribution in [3.8, 4) is 17.6 Å². The normalized spacial score (nSPS) is 18.2. The second-order valence-corrected chi connectivity index (χ2v) is 12.5. The first-order valence-electron chi connectivity index (χ1n) is 12.6. The predicted molar refractivity (Wildman–Crippen MR) is 155 cm³/mol. The number of nitriles is 1. The fourth-order valence-electron chi connectivity index (χ4n) is 5.02. The van der Waals surface area contributed by atoms with Crippen LogP contribution in [0.2, 0.25) is 0 Å². The third kappa shape index (κ3) is 5.66. The van der Waals surface area contributed by atoms with Crippen LogP contribution in [0.25, 0.3) is 0 Å². The summed E-state index contributed by atoms with van der Waals surface area (Å²) in [5.74, 6) is 0.835. The van der Waals surface area contributed by atoms with E-state index >= 15 is 0 Å². The van der Waals surface area contributed by atoms with E-state index in [1.165, 1.54) is 43.6 Å². The summed E-state index contributed by atoms with van der Waals surface area (Å²) in [5, 5.41) is 22.0. The van der Waals surface area contributed by atoms with Crippen LogP contribution in [0.5, 0.6) is 11.5 Å². The van der Waals surface area contributed by atoms with Crippen LogP contribution in [0, 0.1) is 16.7 Å². The number of nitrogens with two attached hydrogens (primary N) is 1. The summed E-state index contributed by atoms with van der Waals surface area (Å²) in [5.41, 5.74) is 8.21. The number of carbonyl (C=O) groups excluding carboxylic acids is 2. The zero-order valence-corrected chi connectivity index (χ0v) is 24.5. The Morgan fingerprint density at radius 3 is 2.63 bits per heavy atom. The number of hydrogen-bond acceptors (Lipinski definition) is 12. The lowest BCUT2D eigenvalue weighted by Crippen LogP contribution is -2.42. The average molecular weight is 593 g/mol. The van der Waals surface area contributed by atoms with Gasteiger partial charge in [0.15, 0.2) is 10.1 Å². The van der Waals surface area contributed by atoms with Gasteiger partial charge in [0.05, 0.1) is 43.8 Å². The van der Waals surface area contributed by atoms with Crippen molar-refractivity contribution in [2.45, 2.75) is 36.9 Å².